The van der Waals surface area contributed by atoms with E-state index in [0.29, 0.717) is 24.7 Å². The van der Waals surface area contributed by atoms with Gasteiger partial charge in [-0.15, -0.1) is 0 Å². The summed E-state index contributed by atoms with van der Waals surface area (Å²) in [5.74, 6) is -0.331. The van der Waals surface area contributed by atoms with Gasteiger partial charge in [-0.05, 0) is 36.4 Å². The molecule has 0 radical (unpaired) electrons. The minimum absolute atomic E-state index is 0.110. The van der Waals surface area contributed by atoms with Crippen molar-refractivity contribution in [1.29, 1.82) is 0 Å². The van der Waals surface area contributed by atoms with Gasteiger partial charge >= 0.3 is 0 Å². The molecular formula is C17H17N3O7S. The zero-order chi connectivity index (χ0) is 20.3. The number of carbonyl (C=O) groups excluding carboxylic acids is 2. The van der Waals surface area contributed by atoms with Crippen LogP contribution in [0.1, 0.15) is 20.7 Å². The van der Waals surface area contributed by atoms with Gasteiger partial charge in [-0.25, -0.2) is 13.6 Å². The quantitative estimate of drug-likeness (QED) is 0.613. The van der Waals surface area contributed by atoms with Crippen LogP contribution in [0.2, 0.25) is 0 Å². The lowest BCUT2D eigenvalue weighted by atomic mass is 10.2. The van der Waals surface area contributed by atoms with Gasteiger partial charge in [0, 0.05) is 5.56 Å². The van der Waals surface area contributed by atoms with Crippen molar-refractivity contribution < 1.29 is 32.2 Å². The average molecular weight is 407 g/mol. The number of hydrogen-bond donors (Lipinski definition) is 3. The van der Waals surface area contributed by atoms with Crippen molar-refractivity contribution in [3.8, 4) is 17.2 Å². The molecule has 1 aliphatic rings. The Kier molecular flexibility index (Phi) is 5.38. The van der Waals surface area contributed by atoms with Crippen LogP contribution in [0.5, 0.6) is 17.2 Å². The Bertz CT molecular complexity index is 1040. The van der Waals surface area contributed by atoms with E-state index < -0.39 is 21.8 Å². The van der Waals surface area contributed by atoms with Crippen LogP contribution in [0.15, 0.2) is 41.3 Å². The Morgan fingerprint density at radius 1 is 1.00 bits per heavy atom. The van der Waals surface area contributed by atoms with Gasteiger partial charge in [0.15, 0.2) is 11.5 Å². The third-order valence-electron chi connectivity index (χ3n) is 3.84. The number of methoxy groups -OCH3 is 1. The maximum absolute atomic E-state index is 12.4. The summed E-state index contributed by atoms with van der Waals surface area (Å²) < 4.78 is 38.8. The number of nitrogens with one attached hydrogen (secondary N) is 2. The van der Waals surface area contributed by atoms with Crippen LogP contribution in [0, 0.1) is 0 Å². The Labute approximate surface area is 160 Å². The molecule has 1 aliphatic heterocycles. The molecule has 11 heteroatoms. The molecule has 0 atom stereocenters. The zero-order valence-electron chi connectivity index (χ0n) is 14.7. The first kappa shape index (κ1) is 19.5. The number of nitrogens with two attached hydrogens (primary N) is 1. The van der Waals surface area contributed by atoms with Crippen LogP contribution in [-0.4, -0.2) is 40.6 Å². The maximum Gasteiger partial charge on any atom is 0.273 e. The van der Waals surface area contributed by atoms with Crippen molar-refractivity contribution >= 4 is 21.8 Å². The van der Waals surface area contributed by atoms with E-state index >= 15 is 0 Å². The van der Waals surface area contributed by atoms with Crippen molar-refractivity contribution in [3.05, 3.63) is 47.5 Å². The number of rotatable bonds is 4. The van der Waals surface area contributed by atoms with E-state index in [-0.39, 0.29) is 21.8 Å². The summed E-state index contributed by atoms with van der Waals surface area (Å²) >= 11 is 0. The second kappa shape index (κ2) is 7.74. The van der Waals surface area contributed by atoms with Crippen LogP contribution < -0.4 is 30.2 Å². The SMILES string of the molecule is COc1ccc(S(N)(=O)=O)cc1C(=O)NNC(=O)c1ccc2c(c1)OCCO2. The topological polar surface area (TPSA) is 146 Å². The second-order valence-corrected chi connectivity index (χ2v) is 7.24. The van der Waals surface area contributed by atoms with E-state index in [2.05, 4.69) is 10.9 Å². The molecule has 0 aromatic heterocycles. The second-order valence-electron chi connectivity index (χ2n) is 5.67. The number of hydrogen-bond acceptors (Lipinski definition) is 7. The van der Waals surface area contributed by atoms with Crippen LogP contribution in [0.25, 0.3) is 0 Å². The number of carbonyl (C=O) groups is 2. The van der Waals surface area contributed by atoms with Gasteiger partial charge in [-0.2, -0.15) is 0 Å². The zero-order valence-corrected chi connectivity index (χ0v) is 15.5. The van der Waals surface area contributed by atoms with E-state index in [1.165, 1.54) is 31.4 Å². The number of ether oxygens (including phenoxy) is 3. The first-order valence-corrected chi connectivity index (χ1v) is 9.55. The average Bonchev–Trinajstić information content (AvgIpc) is 2.70. The predicted molar refractivity (Wildman–Crippen MR) is 96.7 cm³/mol. The molecule has 2 aromatic rings. The van der Waals surface area contributed by atoms with Crippen LogP contribution in [0.3, 0.4) is 0 Å². The van der Waals surface area contributed by atoms with Gasteiger partial charge in [0.25, 0.3) is 11.8 Å². The molecule has 1 heterocycles. The molecule has 2 amide bonds. The predicted octanol–water partition coefficient (Wildman–Crippen LogP) is 0.189. The van der Waals surface area contributed by atoms with Crippen molar-refractivity contribution in [2.24, 2.45) is 5.14 Å². The van der Waals surface area contributed by atoms with E-state index in [1.54, 1.807) is 6.07 Å². The molecule has 3 rings (SSSR count). The molecule has 4 N–H and O–H groups in total. The van der Waals surface area contributed by atoms with Gasteiger partial charge < -0.3 is 14.2 Å². The number of fused-ring (bicyclic) bond motifs is 1. The fraction of sp³-hybridized carbons (Fsp3) is 0.176. The molecule has 0 fully saturated rings. The smallest absolute Gasteiger partial charge is 0.273 e. The summed E-state index contributed by atoms with van der Waals surface area (Å²) in [6, 6.07) is 8.13. The Morgan fingerprint density at radius 3 is 2.36 bits per heavy atom. The molecule has 0 unspecified atom stereocenters. The van der Waals surface area contributed by atoms with E-state index in [9.17, 15) is 18.0 Å². The molecular weight excluding hydrogens is 390 g/mol. The highest BCUT2D eigenvalue weighted by atomic mass is 32.2. The third kappa shape index (κ3) is 4.15. The summed E-state index contributed by atoms with van der Waals surface area (Å²) in [5.41, 5.74) is 4.56. The minimum Gasteiger partial charge on any atom is -0.496 e. The van der Waals surface area contributed by atoms with Crippen LogP contribution >= 0.6 is 0 Å². The fourth-order valence-electron chi connectivity index (χ4n) is 2.48. The lowest BCUT2D eigenvalue weighted by Crippen LogP contribution is -2.41. The maximum atomic E-state index is 12.4. The van der Waals surface area contributed by atoms with Gasteiger partial charge in [-0.1, -0.05) is 0 Å². The molecule has 0 bridgehead atoms. The summed E-state index contributed by atoms with van der Waals surface area (Å²) in [6.45, 7) is 0.795. The van der Waals surface area contributed by atoms with E-state index in [1.807, 2.05) is 0 Å². The molecule has 28 heavy (non-hydrogen) atoms. The largest absolute Gasteiger partial charge is 0.496 e. The van der Waals surface area contributed by atoms with E-state index in [4.69, 9.17) is 19.3 Å². The van der Waals surface area contributed by atoms with Gasteiger partial charge in [-0.3, -0.25) is 20.4 Å². The number of hydrazine groups is 1. The molecule has 0 saturated carbocycles. The molecule has 2 aromatic carbocycles. The Morgan fingerprint density at radius 2 is 1.68 bits per heavy atom. The molecule has 148 valence electrons. The highest BCUT2D eigenvalue weighted by Crippen LogP contribution is 2.30. The monoisotopic (exact) mass is 407 g/mol. The standard InChI is InChI=1S/C17H17N3O7S/c1-25-13-5-3-11(28(18,23)24)9-12(13)17(22)20-19-16(21)10-2-4-14-15(8-10)27-7-6-26-14/h2-5,8-9H,6-7H2,1H3,(H,19,21)(H,20,22)(H2,18,23,24). The van der Waals surface area contributed by atoms with Crippen molar-refractivity contribution in [2.75, 3.05) is 20.3 Å². The van der Waals surface area contributed by atoms with Crippen LogP contribution in [0.4, 0.5) is 0 Å². The number of primary sulfonamides is 1. The Balaban J connectivity index is 1.74. The number of sulfonamides is 1. The van der Waals surface area contributed by atoms with Crippen molar-refractivity contribution in [1.82, 2.24) is 10.9 Å². The third-order valence-corrected chi connectivity index (χ3v) is 4.75. The normalized spacial score (nSPS) is 12.8. The molecule has 0 aliphatic carbocycles. The van der Waals surface area contributed by atoms with Crippen molar-refractivity contribution in [2.45, 2.75) is 4.90 Å². The Hall–Kier alpha value is -3.31. The number of amides is 2. The lowest BCUT2D eigenvalue weighted by Gasteiger charge is -2.18. The molecule has 0 saturated heterocycles. The van der Waals surface area contributed by atoms with Gasteiger partial charge in [0.1, 0.15) is 19.0 Å². The fourth-order valence-corrected chi connectivity index (χ4v) is 3.02. The highest BCUT2D eigenvalue weighted by Gasteiger charge is 2.19. The lowest BCUT2D eigenvalue weighted by molar-refractivity contribution is 0.0844. The summed E-state index contributed by atoms with van der Waals surface area (Å²) in [6.07, 6.45) is 0. The molecule has 10 nitrogen and oxygen atoms in total. The number of benzene rings is 2. The summed E-state index contributed by atoms with van der Waals surface area (Å²) in [5, 5.41) is 5.08. The first-order chi connectivity index (χ1) is 13.3. The minimum atomic E-state index is -4.02. The van der Waals surface area contributed by atoms with Gasteiger partial charge in [0.05, 0.1) is 17.6 Å². The van der Waals surface area contributed by atoms with Crippen molar-refractivity contribution in [3.63, 3.8) is 0 Å². The van der Waals surface area contributed by atoms with Gasteiger partial charge in [0.2, 0.25) is 10.0 Å². The van der Waals surface area contributed by atoms with E-state index in [0.717, 1.165) is 6.07 Å². The highest BCUT2D eigenvalue weighted by molar-refractivity contribution is 7.89. The molecule has 0 spiro atoms. The van der Waals surface area contributed by atoms with Crippen LogP contribution in [-0.2, 0) is 10.0 Å². The first-order valence-electron chi connectivity index (χ1n) is 8.01. The summed E-state index contributed by atoms with van der Waals surface area (Å²) in [4.78, 5) is 24.4. The summed E-state index contributed by atoms with van der Waals surface area (Å²) in [7, 11) is -2.70.